The van der Waals surface area contributed by atoms with Crippen LogP contribution in [0.1, 0.15) is 33.6 Å². The number of hydrogen-bond acceptors (Lipinski definition) is 9. The maximum atomic E-state index is 13.4. The third-order valence-electron chi connectivity index (χ3n) is 6.40. The first-order valence-electron chi connectivity index (χ1n) is 11.7. The Labute approximate surface area is 220 Å². The van der Waals surface area contributed by atoms with Crippen LogP contribution in [0.15, 0.2) is 95.0 Å². The van der Waals surface area contributed by atoms with Gasteiger partial charge in [0.15, 0.2) is 11.6 Å². The minimum atomic E-state index is -0.808. The summed E-state index contributed by atoms with van der Waals surface area (Å²) in [5.41, 5.74) is 4.47. The van der Waals surface area contributed by atoms with Crippen molar-refractivity contribution in [1.29, 1.82) is 0 Å². The van der Waals surface area contributed by atoms with Crippen LogP contribution in [-0.2, 0) is 4.79 Å². The van der Waals surface area contributed by atoms with E-state index in [4.69, 9.17) is 0 Å². The minimum absolute atomic E-state index is 0.161. The number of nitro groups is 2. The van der Waals surface area contributed by atoms with Crippen molar-refractivity contribution < 1.29 is 24.2 Å². The zero-order chi connectivity index (χ0) is 27.7. The lowest BCUT2D eigenvalue weighted by Gasteiger charge is -2.17. The number of fused-ring (bicyclic) bond motifs is 1. The summed E-state index contributed by atoms with van der Waals surface area (Å²) >= 11 is 0. The first-order valence-corrected chi connectivity index (χ1v) is 11.7. The number of allylic oxidation sites excluding steroid dienone is 1. The molecule has 0 bridgehead atoms. The van der Waals surface area contributed by atoms with Gasteiger partial charge in [0.25, 0.3) is 17.3 Å². The average Bonchev–Trinajstić information content (AvgIpc) is 3.44. The van der Waals surface area contributed by atoms with Gasteiger partial charge in [0.05, 0.1) is 27.5 Å². The van der Waals surface area contributed by atoms with E-state index in [1.807, 2.05) is 0 Å². The molecule has 1 saturated heterocycles. The van der Waals surface area contributed by atoms with Gasteiger partial charge in [-0.1, -0.05) is 18.2 Å². The molecule has 1 fully saturated rings. The van der Waals surface area contributed by atoms with E-state index in [1.165, 1.54) is 53.5 Å². The monoisotopic (exact) mass is 525 g/mol. The summed E-state index contributed by atoms with van der Waals surface area (Å²) in [6.45, 7) is 0. The zero-order valence-electron chi connectivity index (χ0n) is 20.1. The van der Waals surface area contributed by atoms with E-state index in [0.29, 0.717) is 11.3 Å². The average molecular weight is 525 g/mol. The maximum absolute atomic E-state index is 13.4. The topological polar surface area (TPSA) is 165 Å². The molecule has 12 nitrogen and oxygen atoms in total. The number of nitrogens with zero attached hydrogens (tertiary/aromatic N) is 4. The van der Waals surface area contributed by atoms with Gasteiger partial charge in [0.1, 0.15) is 6.17 Å². The van der Waals surface area contributed by atoms with E-state index in [2.05, 4.69) is 10.4 Å². The van der Waals surface area contributed by atoms with Crippen molar-refractivity contribution in [1.82, 2.24) is 5.43 Å². The van der Waals surface area contributed by atoms with Crippen molar-refractivity contribution >= 4 is 40.2 Å². The highest BCUT2D eigenvalue weighted by Gasteiger charge is 2.43. The molecule has 0 saturated carbocycles. The van der Waals surface area contributed by atoms with Gasteiger partial charge < -0.3 is 0 Å². The Bertz CT molecular complexity index is 1580. The normalized spacial score (nSPS) is 16.2. The van der Waals surface area contributed by atoms with E-state index < -0.39 is 33.5 Å². The third kappa shape index (κ3) is 4.95. The predicted octanol–water partition coefficient (Wildman–Crippen LogP) is 3.98. The van der Waals surface area contributed by atoms with E-state index in [-0.39, 0.29) is 46.6 Å². The number of amides is 1. The van der Waals surface area contributed by atoms with Crippen molar-refractivity contribution in [2.45, 2.75) is 19.0 Å². The zero-order valence-corrected chi connectivity index (χ0v) is 20.1. The highest BCUT2D eigenvalue weighted by molar-refractivity contribution is 6.24. The SMILES string of the molecule is O=C(CC1=NC2NN(c3ccccc3)C(=O)C2=C1CC(=O)c1ccc([N+](=O)[O-])cc1)c1ccc([N+](=O)[O-])cc1. The molecule has 12 heteroatoms. The highest BCUT2D eigenvalue weighted by atomic mass is 16.6. The molecule has 2 aliphatic heterocycles. The second kappa shape index (κ2) is 10.2. The van der Waals surface area contributed by atoms with E-state index in [9.17, 15) is 34.6 Å². The van der Waals surface area contributed by atoms with Crippen molar-refractivity contribution in [2.75, 3.05) is 5.01 Å². The summed E-state index contributed by atoms with van der Waals surface area (Å²) in [5.74, 6) is -1.22. The number of nitrogens with one attached hydrogen (secondary N) is 1. The van der Waals surface area contributed by atoms with Crippen LogP contribution < -0.4 is 10.4 Å². The highest BCUT2D eigenvalue weighted by Crippen LogP contribution is 2.34. The molecule has 2 heterocycles. The van der Waals surface area contributed by atoms with Gasteiger partial charge in [-0.05, 0) is 42.0 Å². The number of Topliss-reactive ketones (excluding diaryl/α,β-unsaturated/α-hetero) is 2. The van der Waals surface area contributed by atoms with Crippen LogP contribution in [0.4, 0.5) is 17.1 Å². The Morgan fingerprint density at radius 2 is 1.31 bits per heavy atom. The molecule has 3 aromatic rings. The van der Waals surface area contributed by atoms with E-state index in [0.717, 1.165) is 0 Å². The fourth-order valence-electron chi connectivity index (χ4n) is 4.43. The number of non-ortho nitro benzene ring substituents is 2. The summed E-state index contributed by atoms with van der Waals surface area (Å²) in [5, 5.41) is 23.2. The predicted molar refractivity (Wildman–Crippen MR) is 139 cm³/mol. The van der Waals surface area contributed by atoms with Crippen LogP contribution in [0.2, 0.25) is 0 Å². The third-order valence-corrected chi connectivity index (χ3v) is 6.40. The number of aliphatic imine (C=N–C) groups is 1. The lowest BCUT2D eigenvalue weighted by atomic mass is 9.93. The van der Waals surface area contributed by atoms with Crippen LogP contribution >= 0.6 is 0 Å². The van der Waals surface area contributed by atoms with Crippen molar-refractivity contribution in [2.24, 2.45) is 4.99 Å². The minimum Gasteiger partial charge on any atom is -0.294 e. The summed E-state index contributed by atoms with van der Waals surface area (Å²) < 4.78 is 0. The van der Waals surface area contributed by atoms with Crippen LogP contribution in [-0.4, -0.2) is 39.2 Å². The first kappa shape index (κ1) is 25.3. The fourth-order valence-corrected chi connectivity index (χ4v) is 4.43. The van der Waals surface area contributed by atoms with Crippen molar-refractivity contribution in [3.63, 3.8) is 0 Å². The first-order chi connectivity index (χ1) is 18.7. The summed E-state index contributed by atoms with van der Waals surface area (Å²) in [4.78, 5) is 65.0. The fraction of sp³-hybridized carbons (Fsp3) is 0.111. The smallest absolute Gasteiger partial charge is 0.272 e. The molecule has 3 aromatic carbocycles. The number of benzene rings is 3. The number of hydrazine groups is 1. The van der Waals surface area contributed by atoms with Gasteiger partial charge in [0, 0.05) is 47.5 Å². The van der Waals surface area contributed by atoms with Crippen molar-refractivity contribution in [3.8, 4) is 0 Å². The summed E-state index contributed by atoms with van der Waals surface area (Å²) in [6.07, 6.45) is -1.30. The van der Waals surface area contributed by atoms with Gasteiger partial charge in [-0.3, -0.25) is 39.6 Å². The number of anilines is 1. The number of nitro benzene ring substituents is 2. The molecule has 39 heavy (non-hydrogen) atoms. The molecular formula is C27H19N5O7. The number of carbonyl (C=O) groups is 3. The molecule has 0 spiro atoms. The largest absolute Gasteiger partial charge is 0.294 e. The quantitative estimate of drug-likeness (QED) is 0.249. The Morgan fingerprint density at radius 1 is 0.795 bits per heavy atom. The number of carbonyl (C=O) groups excluding carboxylic acids is 3. The van der Waals surface area contributed by atoms with Gasteiger partial charge >= 0.3 is 0 Å². The number of rotatable bonds is 9. The Hall–Kier alpha value is -5.36. The molecule has 1 N–H and O–H groups in total. The van der Waals surface area contributed by atoms with Gasteiger partial charge in [-0.25, -0.2) is 5.01 Å². The lowest BCUT2D eigenvalue weighted by molar-refractivity contribution is -0.385. The van der Waals surface area contributed by atoms with Crippen molar-refractivity contribution in [3.05, 3.63) is 121 Å². The van der Waals surface area contributed by atoms with Gasteiger partial charge in [0.2, 0.25) is 0 Å². The van der Waals surface area contributed by atoms with Crippen LogP contribution in [0.3, 0.4) is 0 Å². The summed E-state index contributed by atoms with van der Waals surface area (Å²) in [7, 11) is 0. The Morgan fingerprint density at radius 3 is 1.82 bits per heavy atom. The van der Waals surface area contributed by atoms with Crippen LogP contribution in [0.5, 0.6) is 0 Å². The Balaban J connectivity index is 1.45. The molecule has 1 atom stereocenters. The standard InChI is InChI=1S/C27H19N5O7/c33-23(16-6-10-19(11-7-16)31(36)37)14-21-22(15-24(34)17-8-12-20(13-9-17)32(38)39)28-26-25(21)27(35)30(29-26)18-4-2-1-3-5-18/h1-13,26,29H,14-15H2. The molecule has 2 aliphatic rings. The second-order valence-corrected chi connectivity index (χ2v) is 8.78. The Kier molecular flexibility index (Phi) is 6.61. The molecular weight excluding hydrogens is 506 g/mol. The van der Waals surface area contributed by atoms with E-state index >= 15 is 0 Å². The molecule has 0 radical (unpaired) electrons. The second-order valence-electron chi connectivity index (χ2n) is 8.78. The molecule has 1 amide bonds. The molecule has 1 unspecified atom stereocenters. The lowest BCUT2D eigenvalue weighted by Crippen LogP contribution is -2.37. The van der Waals surface area contributed by atoms with Gasteiger partial charge in [-0.15, -0.1) is 0 Å². The number of hydrogen-bond donors (Lipinski definition) is 1. The number of ketones is 2. The van der Waals surface area contributed by atoms with E-state index in [1.54, 1.807) is 30.3 Å². The maximum Gasteiger partial charge on any atom is 0.272 e. The molecule has 5 rings (SSSR count). The molecule has 0 aliphatic carbocycles. The number of para-hydroxylation sites is 1. The summed E-state index contributed by atoms with van der Waals surface area (Å²) in [6, 6.07) is 19.0. The van der Waals surface area contributed by atoms with Gasteiger partial charge in [-0.2, -0.15) is 5.43 Å². The molecule has 0 aromatic heterocycles. The van der Waals surface area contributed by atoms with Crippen LogP contribution in [0, 0.1) is 20.2 Å². The molecule has 194 valence electrons. The van der Waals surface area contributed by atoms with Crippen LogP contribution in [0.25, 0.3) is 0 Å².